The van der Waals surface area contributed by atoms with Crippen LogP contribution in [0.3, 0.4) is 0 Å². The van der Waals surface area contributed by atoms with E-state index in [1.807, 2.05) is 18.2 Å². The van der Waals surface area contributed by atoms with Crippen molar-refractivity contribution in [1.29, 1.82) is 0 Å². The highest BCUT2D eigenvalue weighted by atomic mass is 16.5. The molecule has 0 amide bonds. The molecule has 0 saturated carbocycles. The average molecular weight is 483 g/mol. The molecule has 0 bridgehead atoms. The average Bonchev–Trinajstić information content (AvgIpc) is 3.33. The van der Waals surface area contributed by atoms with Gasteiger partial charge < -0.3 is 28.7 Å². The van der Waals surface area contributed by atoms with Crippen molar-refractivity contribution in [2.24, 2.45) is 0 Å². The van der Waals surface area contributed by atoms with E-state index in [0.29, 0.717) is 38.3 Å². The van der Waals surface area contributed by atoms with Crippen molar-refractivity contribution in [2.75, 3.05) is 63.5 Å². The maximum Gasteiger partial charge on any atom is 0.209 e. The Balaban J connectivity index is 1.89. The lowest BCUT2D eigenvalue weighted by molar-refractivity contribution is 0.170. The van der Waals surface area contributed by atoms with Crippen LogP contribution in [0.1, 0.15) is 63.5 Å². The monoisotopic (exact) mass is 482 g/mol. The fourth-order valence-corrected chi connectivity index (χ4v) is 4.36. The lowest BCUT2D eigenvalue weighted by Gasteiger charge is -2.28. The Hall–Kier alpha value is -2.44. The quantitative estimate of drug-likeness (QED) is 0.304. The number of ether oxygens (including phenoxy) is 4. The summed E-state index contributed by atoms with van der Waals surface area (Å²) in [6, 6.07) is 12.7. The predicted molar refractivity (Wildman–Crippen MR) is 143 cm³/mol. The molecule has 35 heavy (non-hydrogen) atoms. The summed E-state index contributed by atoms with van der Waals surface area (Å²) in [6.07, 6.45) is 1.65. The Morgan fingerprint density at radius 3 is 1.60 bits per heavy atom. The fourth-order valence-electron chi connectivity index (χ4n) is 4.36. The molecule has 6 nitrogen and oxygen atoms in total. The summed E-state index contributed by atoms with van der Waals surface area (Å²) in [6.45, 7) is 16.8. The third-order valence-electron chi connectivity index (χ3n) is 6.13. The molecule has 1 fully saturated rings. The SMILES string of the molecule is COCCCOc1cccc(OCCCOC)c1N1[C]N(c2c(C(C)C)cccc2C(C)C)CC1. The number of rotatable bonds is 14. The van der Waals surface area contributed by atoms with E-state index >= 15 is 0 Å². The molecular weight excluding hydrogens is 440 g/mol. The lowest BCUT2D eigenvalue weighted by Crippen LogP contribution is -2.22. The smallest absolute Gasteiger partial charge is 0.209 e. The first kappa shape index (κ1) is 27.2. The first-order chi connectivity index (χ1) is 17.0. The zero-order chi connectivity index (χ0) is 25.2. The van der Waals surface area contributed by atoms with Gasteiger partial charge in [-0.2, -0.15) is 0 Å². The van der Waals surface area contributed by atoms with Gasteiger partial charge in [0.1, 0.15) is 17.2 Å². The van der Waals surface area contributed by atoms with Crippen molar-refractivity contribution in [3.63, 3.8) is 0 Å². The molecular formula is C29H42N2O4. The van der Waals surface area contributed by atoms with Gasteiger partial charge in [0.25, 0.3) is 0 Å². The number of benzene rings is 2. The molecule has 2 aromatic rings. The second-order valence-electron chi connectivity index (χ2n) is 9.49. The molecule has 2 aromatic carbocycles. The number of methoxy groups -OCH3 is 2. The van der Waals surface area contributed by atoms with E-state index in [-0.39, 0.29) is 0 Å². The minimum atomic E-state index is 0.427. The van der Waals surface area contributed by atoms with E-state index < -0.39 is 0 Å². The molecule has 1 heterocycles. The van der Waals surface area contributed by atoms with Crippen LogP contribution in [0.5, 0.6) is 11.5 Å². The molecule has 0 aliphatic carbocycles. The Kier molecular flexibility index (Phi) is 10.5. The number of para-hydroxylation sites is 2. The van der Waals surface area contributed by atoms with Gasteiger partial charge in [-0.25, -0.2) is 0 Å². The standard InChI is InChI=1S/C29H42N2O4/c1-22(2)24-11-7-12-25(23(3)4)28(24)30-15-16-31(21-30)29-26(34-19-9-17-32-5)13-8-14-27(29)35-20-10-18-33-6/h7-8,11-14,22-23H,9-10,15-20H2,1-6H3. The molecule has 6 heteroatoms. The molecule has 0 atom stereocenters. The van der Waals surface area contributed by atoms with Gasteiger partial charge in [0, 0.05) is 59.1 Å². The molecule has 1 saturated heterocycles. The summed E-state index contributed by atoms with van der Waals surface area (Å²) in [7, 11) is 3.42. The Labute approximate surface area is 212 Å². The minimum Gasteiger partial charge on any atom is -0.491 e. The zero-order valence-electron chi connectivity index (χ0n) is 22.3. The van der Waals surface area contributed by atoms with Crippen molar-refractivity contribution in [1.82, 2.24) is 0 Å². The van der Waals surface area contributed by atoms with Crippen LogP contribution in [0, 0.1) is 6.67 Å². The highest BCUT2D eigenvalue weighted by Gasteiger charge is 2.31. The minimum absolute atomic E-state index is 0.427. The van der Waals surface area contributed by atoms with E-state index in [2.05, 4.69) is 62.4 Å². The van der Waals surface area contributed by atoms with Crippen LogP contribution in [0.25, 0.3) is 0 Å². The molecule has 2 radical (unpaired) electrons. The highest BCUT2D eigenvalue weighted by molar-refractivity contribution is 5.73. The van der Waals surface area contributed by atoms with Crippen molar-refractivity contribution < 1.29 is 18.9 Å². The van der Waals surface area contributed by atoms with Crippen LogP contribution in [0.15, 0.2) is 36.4 Å². The summed E-state index contributed by atoms with van der Waals surface area (Å²) in [5.74, 6) is 2.47. The third kappa shape index (κ3) is 7.05. The number of anilines is 2. The number of hydrogen-bond donors (Lipinski definition) is 0. The van der Waals surface area contributed by atoms with Gasteiger partial charge in [-0.3, -0.25) is 0 Å². The third-order valence-corrected chi connectivity index (χ3v) is 6.13. The molecule has 3 rings (SSSR count). The van der Waals surface area contributed by atoms with Crippen molar-refractivity contribution >= 4 is 11.4 Å². The van der Waals surface area contributed by atoms with E-state index in [0.717, 1.165) is 43.1 Å². The molecule has 0 N–H and O–H groups in total. The molecule has 0 aromatic heterocycles. The van der Waals surface area contributed by atoms with E-state index in [1.54, 1.807) is 14.2 Å². The van der Waals surface area contributed by atoms with E-state index in [4.69, 9.17) is 18.9 Å². The fraction of sp³-hybridized carbons (Fsp3) is 0.552. The van der Waals surface area contributed by atoms with Crippen LogP contribution >= 0.6 is 0 Å². The summed E-state index contributed by atoms with van der Waals surface area (Å²) in [5, 5.41) is 0. The summed E-state index contributed by atoms with van der Waals surface area (Å²) in [5.41, 5.74) is 4.91. The molecule has 192 valence electrons. The zero-order valence-corrected chi connectivity index (χ0v) is 22.3. The van der Waals surface area contributed by atoms with Gasteiger partial charge in [0.2, 0.25) is 6.67 Å². The Bertz CT molecular complexity index is 859. The normalized spacial score (nSPS) is 13.8. The van der Waals surface area contributed by atoms with E-state index in [9.17, 15) is 0 Å². The van der Waals surface area contributed by atoms with Gasteiger partial charge in [-0.1, -0.05) is 52.0 Å². The Morgan fingerprint density at radius 2 is 1.14 bits per heavy atom. The summed E-state index contributed by atoms with van der Waals surface area (Å²) >= 11 is 0. The highest BCUT2D eigenvalue weighted by Crippen LogP contribution is 2.43. The number of nitrogens with zero attached hydrogens (tertiary/aromatic N) is 2. The maximum atomic E-state index is 6.20. The van der Waals surface area contributed by atoms with Crippen LogP contribution in [-0.4, -0.2) is 53.7 Å². The van der Waals surface area contributed by atoms with Gasteiger partial charge in [0.15, 0.2) is 0 Å². The first-order valence-electron chi connectivity index (χ1n) is 12.8. The number of hydrogen-bond acceptors (Lipinski definition) is 6. The predicted octanol–water partition coefficient (Wildman–Crippen LogP) is 6.09. The van der Waals surface area contributed by atoms with Gasteiger partial charge >= 0.3 is 0 Å². The summed E-state index contributed by atoms with van der Waals surface area (Å²) < 4.78 is 22.8. The lowest BCUT2D eigenvalue weighted by atomic mass is 9.92. The maximum absolute atomic E-state index is 6.20. The second kappa shape index (κ2) is 13.6. The van der Waals surface area contributed by atoms with Gasteiger partial charge in [0.05, 0.1) is 13.2 Å². The Morgan fingerprint density at radius 1 is 0.686 bits per heavy atom. The van der Waals surface area contributed by atoms with Crippen LogP contribution in [-0.2, 0) is 9.47 Å². The summed E-state index contributed by atoms with van der Waals surface area (Å²) in [4.78, 5) is 4.43. The van der Waals surface area contributed by atoms with Gasteiger partial charge in [-0.15, -0.1) is 0 Å². The largest absolute Gasteiger partial charge is 0.491 e. The molecule has 1 aliphatic rings. The molecule has 1 aliphatic heterocycles. The topological polar surface area (TPSA) is 43.4 Å². The van der Waals surface area contributed by atoms with Crippen LogP contribution < -0.4 is 19.3 Å². The van der Waals surface area contributed by atoms with Crippen LogP contribution in [0.2, 0.25) is 0 Å². The van der Waals surface area contributed by atoms with Crippen molar-refractivity contribution in [3.8, 4) is 11.5 Å². The van der Waals surface area contributed by atoms with E-state index in [1.165, 1.54) is 16.8 Å². The van der Waals surface area contributed by atoms with Crippen molar-refractivity contribution in [3.05, 3.63) is 54.2 Å². The van der Waals surface area contributed by atoms with Gasteiger partial charge in [-0.05, 0) is 35.1 Å². The second-order valence-corrected chi connectivity index (χ2v) is 9.49. The molecule has 0 spiro atoms. The first-order valence-corrected chi connectivity index (χ1v) is 12.8. The van der Waals surface area contributed by atoms with Crippen LogP contribution in [0.4, 0.5) is 11.4 Å². The van der Waals surface area contributed by atoms with Crippen molar-refractivity contribution in [2.45, 2.75) is 52.4 Å². The molecule has 0 unspecified atom stereocenters.